The van der Waals surface area contributed by atoms with Crippen LogP contribution in [-0.2, 0) is 0 Å². The molecule has 0 unspecified atom stereocenters. The van der Waals surface area contributed by atoms with Crippen molar-refractivity contribution in [3.63, 3.8) is 0 Å². The van der Waals surface area contributed by atoms with Crippen molar-refractivity contribution < 1.29 is 4.74 Å². The van der Waals surface area contributed by atoms with Crippen LogP contribution in [0.5, 0.6) is 5.88 Å². The predicted molar refractivity (Wildman–Crippen MR) is 84.3 cm³/mol. The van der Waals surface area contributed by atoms with Gasteiger partial charge in [-0.25, -0.2) is 4.98 Å². The normalized spacial score (nSPS) is 11.2. The molecule has 0 aliphatic rings. The number of nitrogens with two attached hydrogens (primary N) is 1. The van der Waals surface area contributed by atoms with Gasteiger partial charge in [0.2, 0.25) is 5.88 Å². The van der Waals surface area contributed by atoms with E-state index in [-0.39, 0.29) is 5.92 Å². The molecule has 0 spiro atoms. The number of ether oxygens (including phenoxy) is 1. The van der Waals surface area contributed by atoms with Crippen molar-refractivity contribution >= 4 is 11.5 Å². The maximum absolute atomic E-state index is 6.11. The Kier molecular flexibility index (Phi) is 6.55. The number of unbranched alkanes of at least 4 members (excludes halogenated alkanes) is 1. The minimum absolute atomic E-state index is 0.240. The van der Waals surface area contributed by atoms with Gasteiger partial charge >= 0.3 is 0 Å². The van der Waals surface area contributed by atoms with Crippen molar-refractivity contribution in [2.24, 2.45) is 5.92 Å². The number of hydrogen-bond donors (Lipinski definition) is 2. The van der Waals surface area contributed by atoms with Gasteiger partial charge in [0.25, 0.3) is 0 Å². The lowest BCUT2D eigenvalue weighted by molar-refractivity contribution is 0.261. The summed E-state index contributed by atoms with van der Waals surface area (Å²) >= 11 is 0. The minimum atomic E-state index is 0.240. The second-order valence-electron chi connectivity index (χ2n) is 5.79. The molecule has 114 valence electrons. The lowest BCUT2D eigenvalue weighted by Gasteiger charge is -2.16. The first-order chi connectivity index (χ1) is 9.45. The molecule has 5 heteroatoms. The van der Waals surface area contributed by atoms with E-state index in [1.54, 1.807) is 0 Å². The summed E-state index contributed by atoms with van der Waals surface area (Å²) in [7, 11) is 0. The lowest BCUT2D eigenvalue weighted by Crippen LogP contribution is -2.14. The topological polar surface area (TPSA) is 73.1 Å². The van der Waals surface area contributed by atoms with Gasteiger partial charge in [-0.1, -0.05) is 41.0 Å². The molecule has 5 nitrogen and oxygen atoms in total. The third kappa shape index (κ3) is 4.87. The second kappa shape index (κ2) is 7.92. The molecule has 0 aliphatic carbocycles. The van der Waals surface area contributed by atoms with Crippen LogP contribution in [0.1, 0.15) is 59.2 Å². The SMILES string of the molecule is CCCCNc1nc(C(C)C)nc(OCC(C)C)c1N. The fourth-order valence-corrected chi connectivity index (χ4v) is 1.60. The standard InChI is InChI=1S/C15H28N4O/c1-6-7-8-17-14-12(16)15(20-9-10(2)3)19-13(18-14)11(4)5/h10-11H,6-9,16H2,1-5H3,(H,17,18,19). The van der Waals surface area contributed by atoms with Gasteiger partial charge in [-0.3, -0.25) is 0 Å². The summed E-state index contributed by atoms with van der Waals surface area (Å²) in [6.45, 7) is 11.9. The highest BCUT2D eigenvalue weighted by Crippen LogP contribution is 2.28. The fourth-order valence-electron chi connectivity index (χ4n) is 1.60. The molecule has 3 N–H and O–H groups in total. The molecule has 0 aliphatic heterocycles. The smallest absolute Gasteiger partial charge is 0.242 e. The van der Waals surface area contributed by atoms with E-state index in [0.717, 1.165) is 25.2 Å². The van der Waals surface area contributed by atoms with Crippen molar-refractivity contribution in [3.8, 4) is 5.88 Å². The van der Waals surface area contributed by atoms with E-state index >= 15 is 0 Å². The summed E-state index contributed by atoms with van der Waals surface area (Å²) in [6.07, 6.45) is 2.22. The van der Waals surface area contributed by atoms with Gasteiger partial charge < -0.3 is 15.8 Å². The van der Waals surface area contributed by atoms with Crippen LogP contribution in [0.25, 0.3) is 0 Å². The summed E-state index contributed by atoms with van der Waals surface area (Å²) in [5.41, 5.74) is 6.61. The average molecular weight is 280 g/mol. The van der Waals surface area contributed by atoms with Gasteiger partial charge in [-0.2, -0.15) is 4.98 Å². The summed E-state index contributed by atoms with van der Waals surface area (Å²) < 4.78 is 5.72. The van der Waals surface area contributed by atoms with E-state index in [4.69, 9.17) is 10.5 Å². The van der Waals surface area contributed by atoms with E-state index < -0.39 is 0 Å². The second-order valence-corrected chi connectivity index (χ2v) is 5.79. The Hall–Kier alpha value is -1.52. The van der Waals surface area contributed by atoms with Gasteiger partial charge in [0, 0.05) is 12.5 Å². The van der Waals surface area contributed by atoms with Gasteiger partial charge in [0.1, 0.15) is 11.5 Å². The fraction of sp³-hybridized carbons (Fsp3) is 0.733. The summed E-state index contributed by atoms with van der Waals surface area (Å²) in [6, 6.07) is 0. The molecule has 1 aromatic rings. The van der Waals surface area contributed by atoms with Crippen LogP contribution < -0.4 is 15.8 Å². The quantitative estimate of drug-likeness (QED) is 0.714. The number of aromatic nitrogens is 2. The Morgan fingerprint density at radius 1 is 1.20 bits per heavy atom. The molecule has 20 heavy (non-hydrogen) atoms. The van der Waals surface area contributed by atoms with E-state index in [1.807, 2.05) is 0 Å². The molecule has 0 saturated heterocycles. The minimum Gasteiger partial charge on any atom is -0.476 e. The molecule has 1 heterocycles. The monoisotopic (exact) mass is 280 g/mol. The van der Waals surface area contributed by atoms with Gasteiger partial charge in [0.15, 0.2) is 5.82 Å². The Morgan fingerprint density at radius 2 is 1.90 bits per heavy atom. The molecule has 0 atom stereocenters. The molecule has 0 saturated carbocycles. The number of rotatable bonds is 8. The Bertz CT molecular complexity index is 419. The zero-order valence-electron chi connectivity index (χ0n) is 13.4. The molecule has 0 amide bonds. The van der Waals surface area contributed by atoms with Crippen LogP contribution in [0.15, 0.2) is 0 Å². The number of nitrogen functional groups attached to an aromatic ring is 1. The predicted octanol–water partition coefficient (Wildman–Crippen LogP) is 3.43. The summed E-state index contributed by atoms with van der Waals surface area (Å²) in [5.74, 6) is 2.62. The Balaban J connectivity index is 2.96. The highest BCUT2D eigenvalue weighted by Gasteiger charge is 2.15. The summed E-state index contributed by atoms with van der Waals surface area (Å²) in [4.78, 5) is 8.94. The van der Waals surface area contributed by atoms with Crippen molar-refractivity contribution in [1.29, 1.82) is 0 Å². The van der Waals surface area contributed by atoms with Crippen molar-refractivity contribution in [1.82, 2.24) is 9.97 Å². The largest absolute Gasteiger partial charge is 0.476 e. The van der Waals surface area contributed by atoms with Crippen LogP contribution in [-0.4, -0.2) is 23.1 Å². The number of nitrogens with zero attached hydrogens (tertiary/aromatic N) is 2. The van der Waals surface area contributed by atoms with Crippen LogP contribution in [0, 0.1) is 5.92 Å². The molecule has 0 bridgehead atoms. The number of nitrogens with one attached hydrogen (secondary N) is 1. The zero-order valence-corrected chi connectivity index (χ0v) is 13.4. The van der Waals surface area contributed by atoms with E-state index in [0.29, 0.717) is 29.9 Å². The number of hydrogen-bond acceptors (Lipinski definition) is 5. The van der Waals surface area contributed by atoms with E-state index in [9.17, 15) is 0 Å². The van der Waals surface area contributed by atoms with E-state index in [1.165, 1.54) is 0 Å². The maximum atomic E-state index is 6.11. The average Bonchev–Trinajstić information content (AvgIpc) is 2.39. The third-order valence-corrected chi connectivity index (χ3v) is 2.82. The first-order valence-electron chi connectivity index (χ1n) is 7.49. The van der Waals surface area contributed by atoms with Crippen LogP contribution in [0.2, 0.25) is 0 Å². The molecule has 0 fully saturated rings. The Morgan fingerprint density at radius 3 is 2.45 bits per heavy atom. The Labute approximate surface area is 122 Å². The van der Waals surface area contributed by atoms with Crippen LogP contribution >= 0.6 is 0 Å². The van der Waals surface area contributed by atoms with E-state index in [2.05, 4.69) is 49.9 Å². The van der Waals surface area contributed by atoms with Crippen molar-refractivity contribution in [2.75, 3.05) is 24.2 Å². The highest BCUT2D eigenvalue weighted by molar-refractivity contribution is 5.67. The molecule has 1 rings (SSSR count). The van der Waals surface area contributed by atoms with Gasteiger partial charge in [-0.15, -0.1) is 0 Å². The highest BCUT2D eigenvalue weighted by atomic mass is 16.5. The van der Waals surface area contributed by atoms with Crippen LogP contribution in [0.4, 0.5) is 11.5 Å². The van der Waals surface area contributed by atoms with Gasteiger partial charge in [-0.05, 0) is 12.3 Å². The molecular formula is C15H28N4O. The number of anilines is 2. The molecular weight excluding hydrogens is 252 g/mol. The van der Waals surface area contributed by atoms with Crippen molar-refractivity contribution in [2.45, 2.75) is 53.4 Å². The third-order valence-electron chi connectivity index (χ3n) is 2.82. The molecule has 0 aromatic carbocycles. The van der Waals surface area contributed by atoms with Gasteiger partial charge in [0.05, 0.1) is 6.61 Å². The molecule has 0 radical (unpaired) electrons. The van der Waals surface area contributed by atoms with Crippen molar-refractivity contribution in [3.05, 3.63) is 5.82 Å². The first kappa shape index (κ1) is 16.5. The lowest BCUT2D eigenvalue weighted by atomic mass is 10.2. The maximum Gasteiger partial charge on any atom is 0.242 e. The zero-order chi connectivity index (χ0) is 15.1. The first-order valence-corrected chi connectivity index (χ1v) is 7.49. The summed E-state index contributed by atoms with van der Waals surface area (Å²) in [5, 5.41) is 3.28. The molecule has 1 aromatic heterocycles. The van der Waals surface area contributed by atoms with Crippen LogP contribution in [0.3, 0.4) is 0 Å².